The first-order valence-electron chi connectivity index (χ1n) is 3.10. The van der Waals surface area contributed by atoms with Gasteiger partial charge in [0.2, 0.25) is 0 Å². The van der Waals surface area contributed by atoms with Gasteiger partial charge in [-0.3, -0.25) is 0 Å². The summed E-state index contributed by atoms with van der Waals surface area (Å²) in [6, 6.07) is 1.53. The molecule has 3 nitrogen and oxygen atoms in total. The molecule has 0 bridgehead atoms. The summed E-state index contributed by atoms with van der Waals surface area (Å²) in [6.07, 6.45) is 2.25. The van der Waals surface area contributed by atoms with E-state index < -0.39 is 0 Å². The number of aromatic nitrogens is 1. The molecule has 11 heavy (non-hydrogen) atoms. The van der Waals surface area contributed by atoms with Crippen LogP contribution in [-0.2, 0) is 0 Å². The van der Waals surface area contributed by atoms with Gasteiger partial charge in [-0.15, -0.1) is 0 Å². The minimum Gasteiger partial charge on any atom is -0.390 e. The number of halogens is 1. The van der Waals surface area contributed by atoms with E-state index >= 15 is 0 Å². The van der Waals surface area contributed by atoms with E-state index in [4.69, 9.17) is 5.73 Å². The van der Waals surface area contributed by atoms with Crippen LogP contribution < -0.4 is 5.73 Å². The second-order valence-corrected chi connectivity index (χ2v) is 2.07. The molecule has 0 spiro atoms. The van der Waals surface area contributed by atoms with Crippen LogP contribution in [0.25, 0.3) is 0 Å². The molecule has 0 saturated heterocycles. The Morgan fingerprint density at radius 1 is 1.73 bits per heavy atom. The SMILES string of the molecule is Cc1cc(N=CN)ncc1F. The van der Waals surface area contributed by atoms with E-state index in [0.29, 0.717) is 11.4 Å². The molecule has 4 heteroatoms. The number of aryl methyl sites for hydroxylation is 1. The Morgan fingerprint density at radius 3 is 3.00 bits per heavy atom. The number of pyridine rings is 1. The lowest BCUT2D eigenvalue weighted by molar-refractivity contribution is 0.612. The Balaban J connectivity index is 3.05. The molecule has 0 amide bonds. The fraction of sp³-hybridized carbons (Fsp3) is 0.143. The highest BCUT2D eigenvalue weighted by Crippen LogP contribution is 2.11. The van der Waals surface area contributed by atoms with Crippen molar-refractivity contribution in [2.75, 3.05) is 0 Å². The van der Waals surface area contributed by atoms with Gasteiger partial charge in [-0.1, -0.05) is 0 Å². The van der Waals surface area contributed by atoms with Crippen LogP contribution >= 0.6 is 0 Å². The molecule has 0 saturated carbocycles. The Morgan fingerprint density at radius 2 is 2.45 bits per heavy atom. The molecule has 0 fully saturated rings. The smallest absolute Gasteiger partial charge is 0.153 e. The van der Waals surface area contributed by atoms with Crippen molar-refractivity contribution in [3.8, 4) is 0 Å². The zero-order chi connectivity index (χ0) is 8.27. The van der Waals surface area contributed by atoms with Crippen LogP contribution in [0.15, 0.2) is 17.3 Å². The minimum atomic E-state index is -0.332. The van der Waals surface area contributed by atoms with Gasteiger partial charge in [0.25, 0.3) is 0 Å². The van der Waals surface area contributed by atoms with Crippen molar-refractivity contribution in [3.63, 3.8) is 0 Å². The number of rotatable bonds is 1. The van der Waals surface area contributed by atoms with Crippen LogP contribution in [-0.4, -0.2) is 11.3 Å². The highest BCUT2D eigenvalue weighted by Gasteiger charge is 1.97. The fourth-order valence-corrected chi connectivity index (χ4v) is 0.671. The van der Waals surface area contributed by atoms with Gasteiger partial charge in [0.15, 0.2) is 5.82 Å². The number of hydrogen-bond acceptors (Lipinski definition) is 2. The number of hydrogen-bond donors (Lipinski definition) is 1. The minimum absolute atomic E-state index is 0.332. The van der Waals surface area contributed by atoms with Crippen LogP contribution in [0.5, 0.6) is 0 Å². The lowest BCUT2D eigenvalue weighted by Crippen LogP contribution is -1.89. The monoisotopic (exact) mass is 153 g/mol. The van der Waals surface area contributed by atoms with Crippen molar-refractivity contribution >= 4 is 12.2 Å². The van der Waals surface area contributed by atoms with E-state index in [-0.39, 0.29) is 5.82 Å². The quantitative estimate of drug-likeness (QED) is 0.486. The Kier molecular flexibility index (Phi) is 2.15. The predicted octanol–water partition coefficient (Wildman–Crippen LogP) is 1.15. The summed E-state index contributed by atoms with van der Waals surface area (Å²) in [4.78, 5) is 7.36. The zero-order valence-electron chi connectivity index (χ0n) is 6.08. The Labute approximate surface area is 63.8 Å². The van der Waals surface area contributed by atoms with Gasteiger partial charge in [0, 0.05) is 0 Å². The predicted molar refractivity (Wildman–Crippen MR) is 41.3 cm³/mol. The third-order valence-electron chi connectivity index (χ3n) is 1.24. The Bertz CT molecular complexity index is 283. The molecule has 0 aliphatic rings. The third kappa shape index (κ3) is 1.73. The maximum atomic E-state index is 12.6. The summed E-state index contributed by atoms with van der Waals surface area (Å²) >= 11 is 0. The van der Waals surface area contributed by atoms with E-state index in [9.17, 15) is 4.39 Å². The van der Waals surface area contributed by atoms with E-state index in [1.165, 1.54) is 6.07 Å². The molecule has 0 aliphatic heterocycles. The normalized spacial score (nSPS) is 10.7. The topological polar surface area (TPSA) is 51.3 Å². The maximum Gasteiger partial charge on any atom is 0.153 e. The van der Waals surface area contributed by atoms with E-state index in [0.717, 1.165) is 12.5 Å². The van der Waals surface area contributed by atoms with E-state index in [1.807, 2.05) is 0 Å². The van der Waals surface area contributed by atoms with Crippen LogP contribution in [0.3, 0.4) is 0 Å². The van der Waals surface area contributed by atoms with Crippen molar-refractivity contribution in [1.29, 1.82) is 0 Å². The largest absolute Gasteiger partial charge is 0.390 e. The van der Waals surface area contributed by atoms with Gasteiger partial charge in [-0.05, 0) is 18.6 Å². The Hall–Kier alpha value is -1.45. The third-order valence-corrected chi connectivity index (χ3v) is 1.24. The molecule has 0 aromatic carbocycles. The first-order valence-corrected chi connectivity index (χ1v) is 3.10. The second-order valence-electron chi connectivity index (χ2n) is 2.07. The maximum absolute atomic E-state index is 12.6. The highest BCUT2D eigenvalue weighted by molar-refractivity contribution is 5.57. The van der Waals surface area contributed by atoms with Gasteiger partial charge in [0.05, 0.1) is 12.5 Å². The molecule has 1 rings (SSSR count). The number of nitrogens with zero attached hydrogens (tertiary/aromatic N) is 2. The zero-order valence-corrected chi connectivity index (χ0v) is 6.08. The summed E-state index contributed by atoms with van der Waals surface area (Å²) in [6.45, 7) is 1.65. The van der Waals surface area contributed by atoms with E-state index in [1.54, 1.807) is 6.92 Å². The van der Waals surface area contributed by atoms with Crippen LogP contribution in [0.4, 0.5) is 10.2 Å². The fourth-order valence-electron chi connectivity index (χ4n) is 0.671. The molecule has 0 atom stereocenters. The van der Waals surface area contributed by atoms with Gasteiger partial charge in [0.1, 0.15) is 5.82 Å². The first kappa shape index (κ1) is 7.65. The molecular weight excluding hydrogens is 145 g/mol. The standard InChI is InChI=1S/C7H8FN3/c1-5-2-7(11-4-9)10-3-6(5)8/h2-4H,1H3,(H2,9,10,11). The van der Waals surface area contributed by atoms with Crippen LogP contribution in [0.1, 0.15) is 5.56 Å². The second kappa shape index (κ2) is 3.09. The summed E-state index contributed by atoms with van der Waals surface area (Å²) in [5.41, 5.74) is 5.54. The molecule has 1 heterocycles. The summed E-state index contributed by atoms with van der Waals surface area (Å²) in [7, 11) is 0. The summed E-state index contributed by atoms with van der Waals surface area (Å²) in [5, 5.41) is 0. The van der Waals surface area contributed by atoms with Crippen molar-refractivity contribution < 1.29 is 4.39 Å². The summed E-state index contributed by atoms with van der Waals surface area (Å²) in [5.74, 6) is 0.0902. The number of nitrogens with two attached hydrogens (primary N) is 1. The lowest BCUT2D eigenvalue weighted by Gasteiger charge is -1.95. The van der Waals surface area contributed by atoms with Gasteiger partial charge in [-0.25, -0.2) is 14.4 Å². The van der Waals surface area contributed by atoms with Gasteiger partial charge >= 0.3 is 0 Å². The molecule has 58 valence electrons. The first-order chi connectivity index (χ1) is 5.24. The molecule has 1 aromatic heterocycles. The number of aliphatic imine (C=N–C) groups is 1. The molecule has 0 radical (unpaired) electrons. The average Bonchev–Trinajstić information content (AvgIpc) is 1.98. The molecule has 2 N–H and O–H groups in total. The van der Waals surface area contributed by atoms with Crippen LogP contribution in [0, 0.1) is 12.7 Å². The van der Waals surface area contributed by atoms with Crippen molar-refractivity contribution in [1.82, 2.24) is 4.98 Å². The molecule has 0 aliphatic carbocycles. The summed E-state index contributed by atoms with van der Waals surface area (Å²) < 4.78 is 12.6. The van der Waals surface area contributed by atoms with Crippen LogP contribution in [0.2, 0.25) is 0 Å². The van der Waals surface area contributed by atoms with Gasteiger partial charge < -0.3 is 5.73 Å². The molecule has 1 aromatic rings. The average molecular weight is 153 g/mol. The molecule has 0 unspecified atom stereocenters. The molecular formula is C7H8FN3. The van der Waals surface area contributed by atoms with E-state index in [2.05, 4.69) is 9.98 Å². The van der Waals surface area contributed by atoms with Crippen molar-refractivity contribution in [2.45, 2.75) is 6.92 Å². The van der Waals surface area contributed by atoms with Crippen molar-refractivity contribution in [3.05, 3.63) is 23.6 Å². The lowest BCUT2D eigenvalue weighted by atomic mass is 10.3. The van der Waals surface area contributed by atoms with Crippen molar-refractivity contribution in [2.24, 2.45) is 10.7 Å². The van der Waals surface area contributed by atoms with Gasteiger partial charge in [-0.2, -0.15) is 0 Å². The highest BCUT2D eigenvalue weighted by atomic mass is 19.1.